The number of benzene rings is 2. The minimum Gasteiger partial charge on any atom is -0.299 e. The molecule has 1 nitrogen and oxygen atoms in total. The molecule has 0 N–H and O–H groups in total. The number of carbonyl (C=O) groups is 1. The van der Waals surface area contributed by atoms with E-state index in [2.05, 4.69) is 74.5 Å². The Morgan fingerprint density at radius 3 is 2.13 bits per heavy atom. The lowest BCUT2D eigenvalue weighted by molar-refractivity contribution is -0.119. The van der Waals surface area contributed by atoms with Gasteiger partial charge in [0.05, 0.1) is 0 Å². The van der Waals surface area contributed by atoms with Crippen LogP contribution in [0.25, 0.3) is 0 Å². The molecule has 0 aliphatic heterocycles. The van der Waals surface area contributed by atoms with Gasteiger partial charge < -0.3 is 0 Å². The molecule has 0 spiro atoms. The van der Waals surface area contributed by atoms with E-state index in [9.17, 15) is 4.79 Å². The lowest BCUT2D eigenvalue weighted by Gasteiger charge is -2.39. The van der Waals surface area contributed by atoms with Gasteiger partial charge in [0.15, 0.2) is 0 Å². The molecule has 23 heavy (non-hydrogen) atoms. The van der Waals surface area contributed by atoms with Crippen LogP contribution in [0.5, 0.6) is 0 Å². The molecule has 0 aromatic heterocycles. The van der Waals surface area contributed by atoms with Gasteiger partial charge in [-0.3, -0.25) is 4.79 Å². The molecule has 0 unspecified atom stereocenters. The molecule has 2 aromatic rings. The Hall–Kier alpha value is -1.89. The molecule has 0 heterocycles. The van der Waals surface area contributed by atoms with Gasteiger partial charge >= 0.3 is 0 Å². The molecule has 0 radical (unpaired) electrons. The summed E-state index contributed by atoms with van der Waals surface area (Å²) >= 11 is 0. The summed E-state index contributed by atoms with van der Waals surface area (Å²) < 4.78 is 0. The predicted octanol–water partition coefficient (Wildman–Crippen LogP) is 4.58. The molecule has 1 heteroatoms. The van der Waals surface area contributed by atoms with Crippen molar-refractivity contribution < 1.29 is 4.79 Å². The summed E-state index contributed by atoms with van der Waals surface area (Å²) in [5.74, 6) is 2.33. The standard InChI is InChI=1S/C22H22O/c1-21(2)18(14-9-5-3-6-10-14)16-13-17(23)20-19(16)22(20,21)15-11-7-4-8-12-15/h3-12,16,18-20H,13H2,1-2H3/t16-,18+,19-,20-,22+/m1/s1. The maximum atomic E-state index is 12.7. The second kappa shape index (κ2) is 4.14. The number of hydrogen-bond acceptors (Lipinski definition) is 1. The molecular weight excluding hydrogens is 280 g/mol. The number of ketones is 1. The third kappa shape index (κ3) is 1.38. The topological polar surface area (TPSA) is 17.1 Å². The average molecular weight is 302 g/mol. The Bertz CT molecular complexity index is 776. The number of fused-ring (bicyclic) bond motifs is 1. The first kappa shape index (κ1) is 13.5. The quantitative estimate of drug-likeness (QED) is 0.793. The highest BCUT2D eigenvalue weighted by Crippen LogP contribution is 2.85. The van der Waals surface area contributed by atoms with E-state index in [4.69, 9.17) is 0 Å². The predicted molar refractivity (Wildman–Crippen MR) is 91.2 cm³/mol. The molecule has 116 valence electrons. The third-order valence-corrected chi connectivity index (χ3v) is 7.19. The van der Waals surface area contributed by atoms with Crippen LogP contribution in [0.2, 0.25) is 0 Å². The second-order valence-electron chi connectivity index (χ2n) is 8.18. The molecule has 5 rings (SSSR count). The minimum atomic E-state index is 0.0643. The lowest BCUT2D eigenvalue weighted by atomic mass is 9.64. The fourth-order valence-corrected chi connectivity index (χ4v) is 6.67. The number of Topliss-reactive ketones (excluding diaryl/α,β-unsaturated/α-hetero) is 1. The minimum absolute atomic E-state index is 0.0643. The second-order valence-corrected chi connectivity index (χ2v) is 8.18. The zero-order chi connectivity index (χ0) is 15.8. The van der Waals surface area contributed by atoms with Crippen LogP contribution >= 0.6 is 0 Å². The van der Waals surface area contributed by atoms with Gasteiger partial charge in [-0.05, 0) is 34.3 Å². The van der Waals surface area contributed by atoms with Gasteiger partial charge in [0, 0.05) is 17.8 Å². The summed E-state index contributed by atoms with van der Waals surface area (Å²) in [7, 11) is 0. The van der Waals surface area contributed by atoms with Crippen molar-refractivity contribution >= 4 is 5.78 Å². The number of carbonyl (C=O) groups excluding carboxylic acids is 1. The monoisotopic (exact) mass is 302 g/mol. The Balaban J connectivity index is 1.71. The molecule has 0 bridgehead atoms. The van der Waals surface area contributed by atoms with Gasteiger partial charge in [-0.25, -0.2) is 0 Å². The normalized spacial score (nSPS) is 39.3. The van der Waals surface area contributed by atoms with Crippen LogP contribution in [0.1, 0.15) is 37.3 Å². The average Bonchev–Trinajstić information content (AvgIpc) is 3.13. The van der Waals surface area contributed by atoms with Gasteiger partial charge in [0.25, 0.3) is 0 Å². The van der Waals surface area contributed by atoms with Crippen LogP contribution in [0.15, 0.2) is 60.7 Å². The maximum absolute atomic E-state index is 12.7. The van der Waals surface area contributed by atoms with E-state index in [1.807, 2.05) is 0 Å². The van der Waals surface area contributed by atoms with Gasteiger partial charge in [0.2, 0.25) is 0 Å². The third-order valence-electron chi connectivity index (χ3n) is 7.19. The summed E-state index contributed by atoms with van der Waals surface area (Å²) in [6, 6.07) is 21.7. The van der Waals surface area contributed by atoms with Gasteiger partial charge in [-0.1, -0.05) is 74.5 Å². The molecule has 3 aliphatic carbocycles. The molecule has 3 aliphatic rings. The van der Waals surface area contributed by atoms with Crippen molar-refractivity contribution in [3.63, 3.8) is 0 Å². The van der Waals surface area contributed by atoms with Crippen molar-refractivity contribution in [3.8, 4) is 0 Å². The smallest absolute Gasteiger partial charge is 0.137 e. The number of hydrogen-bond donors (Lipinski definition) is 0. The fraction of sp³-hybridized carbons (Fsp3) is 0.409. The van der Waals surface area contributed by atoms with E-state index in [0.29, 0.717) is 23.5 Å². The highest BCUT2D eigenvalue weighted by atomic mass is 16.1. The van der Waals surface area contributed by atoms with Crippen molar-refractivity contribution in [2.24, 2.45) is 23.2 Å². The molecule has 0 amide bonds. The first-order valence-corrected chi connectivity index (χ1v) is 8.73. The van der Waals surface area contributed by atoms with Crippen LogP contribution in [0.3, 0.4) is 0 Å². The molecule has 5 atom stereocenters. The molecule has 0 saturated heterocycles. The molecular formula is C22H22O. The Morgan fingerprint density at radius 1 is 0.870 bits per heavy atom. The van der Waals surface area contributed by atoms with Crippen molar-refractivity contribution in [1.82, 2.24) is 0 Å². The summed E-state index contributed by atoms with van der Waals surface area (Å²) in [6.45, 7) is 4.81. The van der Waals surface area contributed by atoms with Crippen molar-refractivity contribution in [3.05, 3.63) is 71.8 Å². The van der Waals surface area contributed by atoms with E-state index in [1.54, 1.807) is 0 Å². The Morgan fingerprint density at radius 2 is 1.48 bits per heavy atom. The van der Waals surface area contributed by atoms with E-state index >= 15 is 0 Å². The van der Waals surface area contributed by atoms with E-state index in [1.165, 1.54) is 11.1 Å². The van der Waals surface area contributed by atoms with Crippen LogP contribution in [-0.2, 0) is 10.2 Å². The van der Waals surface area contributed by atoms with Crippen LogP contribution in [0, 0.1) is 23.2 Å². The van der Waals surface area contributed by atoms with Crippen LogP contribution < -0.4 is 0 Å². The van der Waals surface area contributed by atoms with Crippen molar-refractivity contribution in [1.29, 1.82) is 0 Å². The fourth-order valence-electron chi connectivity index (χ4n) is 6.67. The number of rotatable bonds is 2. The zero-order valence-electron chi connectivity index (χ0n) is 13.7. The highest BCUT2D eigenvalue weighted by Gasteiger charge is 2.85. The van der Waals surface area contributed by atoms with Gasteiger partial charge in [0.1, 0.15) is 5.78 Å². The zero-order valence-corrected chi connectivity index (χ0v) is 13.7. The molecule has 2 aromatic carbocycles. The summed E-state index contributed by atoms with van der Waals surface area (Å²) in [5.41, 5.74) is 2.98. The lowest BCUT2D eigenvalue weighted by Crippen LogP contribution is -2.34. The van der Waals surface area contributed by atoms with Gasteiger partial charge in [-0.2, -0.15) is 0 Å². The largest absolute Gasteiger partial charge is 0.299 e. The Labute approximate surface area is 137 Å². The highest BCUT2D eigenvalue weighted by molar-refractivity contribution is 5.92. The van der Waals surface area contributed by atoms with Crippen molar-refractivity contribution in [2.45, 2.75) is 31.6 Å². The first-order chi connectivity index (χ1) is 11.1. The maximum Gasteiger partial charge on any atom is 0.137 e. The van der Waals surface area contributed by atoms with Gasteiger partial charge in [-0.15, -0.1) is 0 Å². The van der Waals surface area contributed by atoms with Crippen LogP contribution in [0.4, 0.5) is 0 Å². The van der Waals surface area contributed by atoms with E-state index < -0.39 is 0 Å². The summed E-state index contributed by atoms with van der Waals surface area (Å²) in [4.78, 5) is 12.7. The first-order valence-electron chi connectivity index (χ1n) is 8.73. The van der Waals surface area contributed by atoms with E-state index in [0.717, 1.165) is 6.42 Å². The SMILES string of the molecule is CC1(C)[C@@H](c2ccccc2)[C@H]2CC(=O)[C@@H]3[C@@H]2[C@@]31c1ccccc1. The summed E-state index contributed by atoms with van der Waals surface area (Å²) in [5, 5.41) is 0. The van der Waals surface area contributed by atoms with Crippen LogP contribution in [-0.4, -0.2) is 5.78 Å². The van der Waals surface area contributed by atoms with Crippen molar-refractivity contribution in [2.75, 3.05) is 0 Å². The molecule has 3 fully saturated rings. The van der Waals surface area contributed by atoms with E-state index in [-0.39, 0.29) is 16.7 Å². The summed E-state index contributed by atoms with van der Waals surface area (Å²) in [6.07, 6.45) is 0.785. The molecule has 3 saturated carbocycles. The Kier molecular flexibility index (Phi) is 2.44.